The number of ether oxygens (including phenoxy) is 1. The molecule has 1 aromatic heterocycles. The molecule has 2 aromatic carbocycles. The van der Waals surface area contributed by atoms with Gasteiger partial charge < -0.3 is 10.1 Å². The van der Waals surface area contributed by atoms with Gasteiger partial charge in [0.2, 0.25) is 11.1 Å². The summed E-state index contributed by atoms with van der Waals surface area (Å²) in [6, 6.07) is 10.3. The molecule has 0 aliphatic heterocycles. The number of hydrogen-bond acceptors (Lipinski definition) is 5. The van der Waals surface area contributed by atoms with E-state index < -0.39 is 23.5 Å². The minimum absolute atomic E-state index is 0.0411. The number of rotatable bonds is 7. The van der Waals surface area contributed by atoms with Gasteiger partial charge in [-0.3, -0.25) is 9.89 Å². The number of para-hydroxylation sites is 1. The number of nitrogens with zero attached hydrogens (tertiary/aromatic N) is 2. The van der Waals surface area contributed by atoms with Crippen molar-refractivity contribution in [3.8, 4) is 5.75 Å². The van der Waals surface area contributed by atoms with Crippen LogP contribution in [0.15, 0.2) is 53.7 Å². The Bertz CT molecular complexity index is 994. The van der Waals surface area contributed by atoms with Crippen LogP contribution in [-0.2, 0) is 17.6 Å². The lowest BCUT2D eigenvalue weighted by atomic mass is 10.2. The molecule has 1 heterocycles. The first kappa shape index (κ1) is 20.6. The number of nitrogens with one attached hydrogen (secondary N) is 2. The van der Waals surface area contributed by atoms with Gasteiger partial charge in [0.05, 0.1) is 11.3 Å². The Labute approximate surface area is 166 Å². The van der Waals surface area contributed by atoms with Crippen LogP contribution in [0.4, 0.5) is 23.2 Å². The quantitative estimate of drug-likeness (QED) is 0.436. The molecule has 0 aliphatic rings. The van der Waals surface area contributed by atoms with E-state index in [1.54, 1.807) is 6.07 Å². The monoisotopic (exact) mass is 426 g/mol. The van der Waals surface area contributed by atoms with Crippen molar-refractivity contribution in [1.82, 2.24) is 15.2 Å². The highest BCUT2D eigenvalue weighted by Gasteiger charge is 2.30. The largest absolute Gasteiger partial charge is 0.483 e. The molecule has 0 spiro atoms. The van der Waals surface area contributed by atoms with E-state index in [1.165, 1.54) is 30.3 Å². The lowest BCUT2D eigenvalue weighted by Gasteiger charge is -2.09. The minimum atomic E-state index is -4.49. The molecule has 0 radical (unpaired) electrons. The van der Waals surface area contributed by atoms with Crippen molar-refractivity contribution in [2.45, 2.75) is 17.9 Å². The normalized spacial score (nSPS) is 11.3. The molecule has 0 unspecified atom stereocenters. The fourth-order valence-electron chi connectivity index (χ4n) is 2.22. The molecular weight excluding hydrogens is 412 g/mol. The number of aromatic amines is 1. The van der Waals surface area contributed by atoms with Crippen molar-refractivity contribution < 1.29 is 27.1 Å². The second-order valence-corrected chi connectivity index (χ2v) is 6.64. The zero-order chi connectivity index (χ0) is 20.9. The molecule has 0 aliphatic carbocycles. The van der Waals surface area contributed by atoms with Gasteiger partial charge in [-0.25, -0.2) is 9.37 Å². The summed E-state index contributed by atoms with van der Waals surface area (Å²) in [7, 11) is 0. The average Bonchev–Trinajstić information content (AvgIpc) is 3.13. The summed E-state index contributed by atoms with van der Waals surface area (Å²) in [5.41, 5.74) is -0.809. The molecule has 3 aromatic rings. The van der Waals surface area contributed by atoms with Crippen LogP contribution in [0.5, 0.6) is 5.75 Å². The van der Waals surface area contributed by atoms with Gasteiger partial charge in [0.25, 0.3) is 0 Å². The maximum atomic E-state index is 13.5. The lowest BCUT2D eigenvalue weighted by Crippen LogP contribution is -2.15. The maximum Gasteiger partial charge on any atom is 0.416 e. The molecule has 152 valence electrons. The Hall–Kier alpha value is -3.08. The molecule has 6 nitrogen and oxygen atoms in total. The van der Waals surface area contributed by atoms with Gasteiger partial charge in [0, 0.05) is 5.69 Å². The van der Waals surface area contributed by atoms with Gasteiger partial charge in [-0.2, -0.15) is 13.2 Å². The van der Waals surface area contributed by atoms with Gasteiger partial charge >= 0.3 is 6.18 Å². The molecule has 0 saturated heterocycles. The number of amides is 1. The highest BCUT2D eigenvalue weighted by Crippen LogP contribution is 2.30. The average molecular weight is 426 g/mol. The number of aromatic nitrogens is 3. The van der Waals surface area contributed by atoms with Crippen LogP contribution in [0.1, 0.15) is 11.4 Å². The first-order valence-electron chi connectivity index (χ1n) is 8.20. The smallest absolute Gasteiger partial charge is 0.416 e. The van der Waals surface area contributed by atoms with E-state index in [2.05, 4.69) is 20.5 Å². The van der Waals surface area contributed by atoms with Gasteiger partial charge in [-0.05, 0) is 30.3 Å². The van der Waals surface area contributed by atoms with Crippen LogP contribution in [0.2, 0.25) is 0 Å². The van der Waals surface area contributed by atoms with Crippen molar-refractivity contribution in [2.75, 3.05) is 11.1 Å². The molecule has 2 N–H and O–H groups in total. The summed E-state index contributed by atoms with van der Waals surface area (Å²) in [5.74, 6) is -0.731. The van der Waals surface area contributed by atoms with E-state index in [9.17, 15) is 22.4 Å². The van der Waals surface area contributed by atoms with Gasteiger partial charge in [-0.15, -0.1) is 5.10 Å². The number of benzene rings is 2. The molecule has 0 saturated carbocycles. The van der Waals surface area contributed by atoms with Crippen LogP contribution in [0.25, 0.3) is 0 Å². The highest BCUT2D eigenvalue weighted by atomic mass is 32.2. The Balaban J connectivity index is 1.49. The van der Waals surface area contributed by atoms with Crippen LogP contribution in [-0.4, -0.2) is 26.8 Å². The highest BCUT2D eigenvalue weighted by molar-refractivity contribution is 7.99. The standard InChI is InChI=1S/C18H14F4N4O2S/c19-13-6-1-2-7-14(13)28-9-15-24-17(26-25-15)29-10-16(27)23-12-5-3-4-11(8-12)18(20,21)22/h1-8H,9-10H2,(H,23,27)(H,24,25,26). The van der Waals surface area contributed by atoms with Crippen LogP contribution in [0, 0.1) is 5.82 Å². The molecule has 11 heteroatoms. The van der Waals surface area contributed by atoms with Crippen molar-refractivity contribution >= 4 is 23.4 Å². The number of alkyl halides is 3. The Morgan fingerprint density at radius 1 is 1.17 bits per heavy atom. The molecule has 0 bridgehead atoms. The Morgan fingerprint density at radius 2 is 1.97 bits per heavy atom. The predicted octanol–water partition coefficient (Wildman–Crippen LogP) is 4.27. The summed E-state index contributed by atoms with van der Waals surface area (Å²) >= 11 is 0.986. The third-order valence-electron chi connectivity index (χ3n) is 3.52. The summed E-state index contributed by atoms with van der Waals surface area (Å²) in [4.78, 5) is 16.1. The van der Waals surface area contributed by atoms with Crippen LogP contribution in [0.3, 0.4) is 0 Å². The summed E-state index contributed by atoms with van der Waals surface area (Å²) in [5, 5.41) is 9.15. The fraction of sp³-hybridized carbons (Fsp3) is 0.167. The molecule has 1 amide bonds. The number of hydrogen-bond donors (Lipinski definition) is 2. The summed E-state index contributed by atoms with van der Waals surface area (Å²) < 4.78 is 56.9. The van der Waals surface area contributed by atoms with E-state index in [1.807, 2.05) is 0 Å². The van der Waals surface area contributed by atoms with E-state index >= 15 is 0 Å². The van der Waals surface area contributed by atoms with Crippen molar-refractivity contribution in [2.24, 2.45) is 0 Å². The number of thioether (sulfide) groups is 1. The van der Waals surface area contributed by atoms with Crippen LogP contribution < -0.4 is 10.1 Å². The second-order valence-electron chi connectivity index (χ2n) is 5.70. The third kappa shape index (κ3) is 5.95. The van der Waals surface area contributed by atoms with E-state index in [-0.39, 0.29) is 29.0 Å². The predicted molar refractivity (Wildman–Crippen MR) is 97.9 cm³/mol. The topological polar surface area (TPSA) is 79.9 Å². The molecular formula is C18H14F4N4O2S. The molecule has 29 heavy (non-hydrogen) atoms. The zero-order valence-electron chi connectivity index (χ0n) is 14.7. The minimum Gasteiger partial charge on any atom is -0.483 e. The number of halogens is 4. The van der Waals surface area contributed by atoms with Gasteiger partial charge in [-0.1, -0.05) is 30.0 Å². The number of carbonyl (C=O) groups is 1. The molecule has 3 rings (SSSR count). The second kappa shape index (κ2) is 8.95. The lowest BCUT2D eigenvalue weighted by molar-refractivity contribution is -0.137. The number of carbonyl (C=O) groups excluding carboxylic acids is 1. The third-order valence-corrected chi connectivity index (χ3v) is 4.37. The van der Waals surface area contributed by atoms with E-state index in [4.69, 9.17) is 4.74 Å². The zero-order valence-corrected chi connectivity index (χ0v) is 15.5. The first-order chi connectivity index (χ1) is 13.8. The summed E-state index contributed by atoms with van der Waals surface area (Å²) in [6.45, 7) is -0.0507. The fourth-order valence-corrected chi connectivity index (χ4v) is 2.83. The van der Waals surface area contributed by atoms with Crippen molar-refractivity contribution in [3.63, 3.8) is 0 Å². The number of H-pyrrole nitrogens is 1. The van der Waals surface area contributed by atoms with Crippen LogP contribution >= 0.6 is 11.8 Å². The molecule has 0 atom stereocenters. The first-order valence-corrected chi connectivity index (χ1v) is 9.18. The van der Waals surface area contributed by atoms with Gasteiger partial charge in [0.1, 0.15) is 6.61 Å². The SMILES string of the molecule is O=C(CSc1n[nH]c(COc2ccccc2F)n1)Nc1cccc(C(F)(F)F)c1. The van der Waals surface area contributed by atoms with Crippen molar-refractivity contribution in [3.05, 3.63) is 65.7 Å². The number of anilines is 1. The van der Waals surface area contributed by atoms with E-state index in [0.717, 1.165) is 23.9 Å². The van der Waals surface area contributed by atoms with Crippen molar-refractivity contribution in [1.29, 1.82) is 0 Å². The Morgan fingerprint density at radius 3 is 2.72 bits per heavy atom. The van der Waals surface area contributed by atoms with E-state index in [0.29, 0.717) is 5.82 Å². The maximum absolute atomic E-state index is 13.5. The molecule has 0 fully saturated rings. The van der Waals surface area contributed by atoms with Gasteiger partial charge in [0.15, 0.2) is 17.4 Å². The Kier molecular flexibility index (Phi) is 6.37. The summed E-state index contributed by atoms with van der Waals surface area (Å²) in [6.07, 6.45) is -4.49.